The van der Waals surface area contributed by atoms with Crippen molar-refractivity contribution < 1.29 is 5.11 Å². The fourth-order valence-electron chi connectivity index (χ4n) is 2.61. The van der Waals surface area contributed by atoms with Crippen molar-refractivity contribution in [3.63, 3.8) is 0 Å². The Bertz CT molecular complexity index is 543. The van der Waals surface area contributed by atoms with E-state index in [4.69, 9.17) is 0 Å². The summed E-state index contributed by atoms with van der Waals surface area (Å²) >= 11 is 0. The van der Waals surface area contributed by atoms with Crippen LogP contribution in [0.2, 0.25) is 0 Å². The van der Waals surface area contributed by atoms with E-state index >= 15 is 0 Å². The number of aliphatic hydroxyl groups is 1. The van der Waals surface area contributed by atoms with Crippen molar-refractivity contribution in [2.75, 3.05) is 0 Å². The zero-order valence-corrected chi connectivity index (χ0v) is 10.6. The number of rotatable bonds is 3. The van der Waals surface area contributed by atoms with Gasteiger partial charge in [-0.1, -0.05) is 30.7 Å². The zero-order chi connectivity index (χ0) is 12.5. The quantitative estimate of drug-likeness (QED) is 0.898. The lowest BCUT2D eigenvalue weighted by molar-refractivity contribution is 0.217. The predicted molar refractivity (Wildman–Crippen MR) is 70.3 cm³/mol. The molecule has 0 bridgehead atoms. The molecule has 18 heavy (non-hydrogen) atoms. The van der Waals surface area contributed by atoms with Gasteiger partial charge in [-0.3, -0.25) is 4.68 Å². The van der Waals surface area contributed by atoms with Crippen LogP contribution >= 0.6 is 0 Å². The number of hydrogen-bond donors (Lipinski definition) is 1. The number of aromatic nitrogens is 2. The van der Waals surface area contributed by atoms with E-state index in [-0.39, 0.29) is 0 Å². The fraction of sp³-hybridized carbons (Fsp3) is 0.400. The fourth-order valence-corrected chi connectivity index (χ4v) is 2.61. The molecule has 1 aliphatic carbocycles. The number of nitrogens with zero attached hydrogens (tertiary/aromatic N) is 2. The maximum absolute atomic E-state index is 10.5. The lowest BCUT2D eigenvalue weighted by Crippen LogP contribution is -2.13. The summed E-state index contributed by atoms with van der Waals surface area (Å²) in [5.41, 5.74) is 3.21. The maximum atomic E-state index is 10.5. The highest BCUT2D eigenvalue weighted by molar-refractivity contribution is 5.37. The van der Waals surface area contributed by atoms with Gasteiger partial charge in [-0.2, -0.15) is 5.10 Å². The van der Waals surface area contributed by atoms with E-state index < -0.39 is 6.10 Å². The van der Waals surface area contributed by atoms with Crippen LogP contribution in [0.15, 0.2) is 36.7 Å². The van der Waals surface area contributed by atoms with Gasteiger partial charge >= 0.3 is 0 Å². The van der Waals surface area contributed by atoms with Gasteiger partial charge in [0.1, 0.15) is 6.10 Å². The monoisotopic (exact) mass is 242 g/mol. The molecule has 3 nitrogen and oxygen atoms in total. The van der Waals surface area contributed by atoms with Crippen molar-refractivity contribution in [1.82, 2.24) is 9.78 Å². The molecule has 1 fully saturated rings. The molecule has 3 heteroatoms. The molecule has 1 aromatic heterocycles. The smallest absolute Gasteiger partial charge is 0.107 e. The minimum atomic E-state index is -0.560. The largest absolute Gasteiger partial charge is 0.384 e. The Morgan fingerprint density at radius 2 is 2.11 bits per heavy atom. The molecule has 1 saturated carbocycles. The van der Waals surface area contributed by atoms with Gasteiger partial charge in [0.2, 0.25) is 0 Å². The third-order valence-corrected chi connectivity index (χ3v) is 3.88. The molecule has 0 spiro atoms. The topological polar surface area (TPSA) is 38.0 Å². The van der Waals surface area contributed by atoms with Crippen LogP contribution in [0.1, 0.15) is 48.0 Å². The van der Waals surface area contributed by atoms with E-state index in [2.05, 4.69) is 17.2 Å². The van der Waals surface area contributed by atoms with E-state index in [1.807, 2.05) is 25.4 Å². The molecule has 0 radical (unpaired) electrons. The van der Waals surface area contributed by atoms with E-state index in [0.717, 1.165) is 11.1 Å². The third kappa shape index (κ3) is 1.95. The number of hydrogen-bond acceptors (Lipinski definition) is 2. The minimum Gasteiger partial charge on any atom is -0.384 e. The number of benzene rings is 1. The zero-order valence-electron chi connectivity index (χ0n) is 10.6. The molecule has 94 valence electrons. The van der Waals surface area contributed by atoms with Crippen molar-refractivity contribution in [2.24, 2.45) is 7.05 Å². The Labute approximate surface area is 107 Å². The molecule has 1 unspecified atom stereocenters. The highest BCUT2D eigenvalue weighted by Crippen LogP contribution is 2.40. The SMILES string of the molecule is Cn1cc(C(O)c2ccccc2C2CCC2)cn1. The summed E-state index contributed by atoms with van der Waals surface area (Å²) < 4.78 is 1.73. The number of aryl methyl sites for hydroxylation is 1. The van der Waals surface area contributed by atoms with Gasteiger partial charge in [0.05, 0.1) is 6.20 Å². The summed E-state index contributed by atoms with van der Waals surface area (Å²) in [5.74, 6) is 0.632. The normalized spacial score (nSPS) is 17.4. The van der Waals surface area contributed by atoms with Crippen molar-refractivity contribution in [3.05, 3.63) is 53.3 Å². The van der Waals surface area contributed by atoms with Gasteiger partial charge in [0.25, 0.3) is 0 Å². The highest BCUT2D eigenvalue weighted by Gasteiger charge is 2.25. The van der Waals surface area contributed by atoms with Crippen molar-refractivity contribution >= 4 is 0 Å². The Morgan fingerprint density at radius 3 is 2.72 bits per heavy atom. The second-order valence-corrected chi connectivity index (χ2v) is 5.11. The first-order valence-corrected chi connectivity index (χ1v) is 6.51. The Kier molecular flexibility index (Phi) is 2.92. The Balaban J connectivity index is 1.95. The lowest BCUT2D eigenvalue weighted by atomic mass is 9.77. The molecule has 1 aromatic carbocycles. The molecular formula is C15H18N2O. The molecule has 0 saturated heterocycles. The van der Waals surface area contributed by atoms with Gasteiger partial charge in [0.15, 0.2) is 0 Å². The summed E-state index contributed by atoms with van der Waals surface area (Å²) in [6.45, 7) is 0. The second-order valence-electron chi connectivity index (χ2n) is 5.11. The van der Waals surface area contributed by atoms with Gasteiger partial charge in [-0.15, -0.1) is 0 Å². The van der Waals surface area contributed by atoms with Crippen molar-refractivity contribution in [2.45, 2.75) is 31.3 Å². The first-order chi connectivity index (χ1) is 8.75. The molecule has 2 aromatic rings. The molecular weight excluding hydrogens is 224 g/mol. The summed E-state index contributed by atoms with van der Waals surface area (Å²) in [7, 11) is 1.87. The van der Waals surface area contributed by atoms with E-state index in [0.29, 0.717) is 5.92 Å². The molecule has 1 atom stereocenters. The van der Waals surface area contributed by atoms with Crippen LogP contribution in [-0.4, -0.2) is 14.9 Å². The van der Waals surface area contributed by atoms with Crippen LogP contribution in [0, 0.1) is 0 Å². The van der Waals surface area contributed by atoms with Crippen LogP contribution in [0.3, 0.4) is 0 Å². The van der Waals surface area contributed by atoms with Gasteiger partial charge < -0.3 is 5.11 Å². The minimum absolute atomic E-state index is 0.560. The molecule has 1 aliphatic rings. The molecule has 3 rings (SSSR count). The first kappa shape index (κ1) is 11.5. The van der Waals surface area contributed by atoms with Gasteiger partial charge in [-0.25, -0.2) is 0 Å². The average Bonchev–Trinajstić information content (AvgIpc) is 2.74. The first-order valence-electron chi connectivity index (χ1n) is 6.51. The summed E-state index contributed by atoms with van der Waals surface area (Å²) in [4.78, 5) is 0. The van der Waals surface area contributed by atoms with Gasteiger partial charge in [-0.05, 0) is 29.9 Å². The Hall–Kier alpha value is -1.61. The molecule has 1 heterocycles. The van der Waals surface area contributed by atoms with Crippen LogP contribution < -0.4 is 0 Å². The maximum Gasteiger partial charge on any atom is 0.107 e. The van der Waals surface area contributed by atoms with E-state index in [1.54, 1.807) is 10.9 Å². The van der Waals surface area contributed by atoms with Gasteiger partial charge in [0, 0.05) is 18.8 Å². The van der Waals surface area contributed by atoms with E-state index in [1.165, 1.54) is 24.8 Å². The summed E-state index contributed by atoms with van der Waals surface area (Å²) in [5, 5.41) is 14.6. The lowest BCUT2D eigenvalue weighted by Gasteiger charge is -2.29. The summed E-state index contributed by atoms with van der Waals surface area (Å²) in [6, 6.07) is 8.24. The molecule has 0 aliphatic heterocycles. The second kappa shape index (κ2) is 4.58. The summed E-state index contributed by atoms with van der Waals surface area (Å²) in [6.07, 6.45) is 6.86. The van der Waals surface area contributed by atoms with Crippen LogP contribution in [0.5, 0.6) is 0 Å². The average molecular weight is 242 g/mol. The predicted octanol–water partition coefficient (Wildman–Crippen LogP) is 2.77. The van der Waals surface area contributed by atoms with Crippen molar-refractivity contribution in [1.29, 1.82) is 0 Å². The number of aliphatic hydroxyl groups excluding tert-OH is 1. The standard InChI is InChI=1S/C15H18N2O/c1-17-10-12(9-16-17)15(18)14-8-3-2-7-13(14)11-5-4-6-11/h2-3,7-11,15,18H,4-6H2,1H3. The van der Waals surface area contributed by atoms with E-state index in [9.17, 15) is 5.11 Å². The third-order valence-electron chi connectivity index (χ3n) is 3.88. The van der Waals surface area contributed by atoms with Crippen LogP contribution in [0.4, 0.5) is 0 Å². The van der Waals surface area contributed by atoms with Crippen LogP contribution in [0.25, 0.3) is 0 Å². The molecule has 0 amide bonds. The molecule has 1 N–H and O–H groups in total. The highest BCUT2D eigenvalue weighted by atomic mass is 16.3. The van der Waals surface area contributed by atoms with Crippen LogP contribution in [-0.2, 0) is 7.05 Å². The van der Waals surface area contributed by atoms with Crippen molar-refractivity contribution in [3.8, 4) is 0 Å². The Morgan fingerprint density at radius 1 is 1.33 bits per heavy atom.